The molecule has 0 atom stereocenters. The Labute approximate surface area is 149 Å². The molecular weight excluding hydrogens is 370 g/mol. The van der Waals surface area contributed by atoms with Gasteiger partial charge in [0.25, 0.3) is 11.7 Å². The number of halogens is 1. The molecule has 0 saturated heterocycles. The van der Waals surface area contributed by atoms with Crippen LogP contribution in [-0.4, -0.2) is 16.3 Å². The van der Waals surface area contributed by atoms with Crippen molar-refractivity contribution in [1.29, 1.82) is 0 Å². The number of ether oxygens (including phenoxy) is 1. The second kappa shape index (κ2) is 7.84. The van der Waals surface area contributed by atoms with Gasteiger partial charge in [0.05, 0.1) is 0 Å². The molecule has 0 radical (unpaired) electrons. The molecule has 0 fully saturated rings. The number of benzene rings is 1. The van der Waals surface area contributed by atoms with Crippen LogP contribution in [0, 0.1) is 18.8 Å². The highest BCUT2D eigenvalue weighted by Crippen LogP contribution is 2.10. The Balaban J connectivity index is 1.55. The minimum absolute atomic E-state index is 0.297. The zero-order chi connectivity index (χ0) is 16.8. The molecule has 5 nitrogen and oxygen atoms in total. The minimum Gasteiger partial charge on any atom is -0.462 e. The summed E-state index contributed by atoms with van der Waals surface area (Å²) in [6.45, 7) is 3.86. The zero-order valence-electron chi connectivity index (χ0n) is 13.3. The van der Waals surface area contributed by atoms with Gasteiger partial charge in [0.2, 0.25) is 0 Å². The fraction of sp³-hybridized carbons (Fsp3) is 0.222. The summed E-state index contributed by atoms with van der Waals surface area (Å²) in [7, 11) is 0. The van der Waals surface area contributed by atoms with Crippen molar-refractivity contribution in [3.8, 4) is 17.7 Å². The van der Waals surface area contributed by atoms with E-state index < -0.39 is 0 Å². The van der Waals surface area contributed by atoms with Gasteiger partial charge in [-0.2, -0.15) is 0 Å². The summed E-state index contributed by atoms with van der Waals surface area (Å²) >= 11 is 3.46. The quantitative estimate of drug-likeness (QED) is 0.500. The van der Waals surface area contributed by atoms with E-state index in [-0.39, 0.29) is 0 Å². The predicted molar refractivity (Wildman–Crippen MR) is 92.4 cm³/mol. The molecule has 3 aromatic rings. The highest BCUT2D eigenvalue weighted by Gasteiger charge is 2.11. The SMILES string of the molecule is Cc1n(CC#CCOc2ccon2)cc[n+]1Cc1ccc(Br)cc1. The monoisotopic (exact) mass is 386 g/mol. The Hall–Kier alpha value is -2.52. The normalized spacial score (nSPS) is 10.2. The molecule has 0 bridgehead atoms. The van der Waals surface area contributed by atoms with Crippen molar-refractivity contribution in [2.75, 3.05) is 6.61 Å². The van der Waals surface area contributed by atoms with Crippen molar-refractivity contribution >= 4 is 15.9 Å². The second-order valence-corrected chi connectivity index (χ2v) is 6.12. The smallest absolute Gasteiger partial charge is 0.254 e. The maximum atomic E-state index is 5.31. The van der Waals surface area contributed by atoms with Gasteiger partial charge < -0.3 is 9.26 Å². The average molecular weight is 387 g/mol. The molecule has 2 aromatic heterocycles. The predicted octanol–water partition coefficient (Wildman–Crippen LogP) is 2.97. The van der Waals surface area contributed by atoms with Gasteiger partial charge in [0.15, 0.2) is 13.2 Å². The molecule has 0 aliphatic carbocycles. The second-order valence-electron chi connectivity index (χ2n) is 5.21. The summed E-state index contributed by atoms with van der Waals surface area (Å²) in [5.41, 5.74) is 1.26. The fourth-order valence-electron chi connectivity index (χ4n) is 2.24. The Morgan fingerprint density at radius 3 is 2.83 bits per heavy atom. The van der Waals surface area contributed by atoms with Crippen molar-refractivity contribution in [1.82, 2.24) is 9.72 Å². The maximum absolute atomic E-state index is 5.31. The fourth-order valence-corrected chi connectivity index (χ4v) is 2.50. The van der Waals surface area contributed by atoms with Crippen LogP contribution in [0.3, 0.4) is 0 Å². The molecule has 0 aliphatic rings. The number of hydrogen-bond donors (Lipinski definition) is 0. The van der Waals surface area contributed by atoms with Gasteiger partial charge in [0, 0.05) is 17.5 Å². The largest absolute Gasteiger partial charge is 0.462 e. The van der Waals surface area contributed by atoms with E-state index >= 15 is 0 Å². The van der Waals surface area contributed by atoms with Crippen LogP contribution in [-0.2, 0) is 13.1 Å². The Morgan fingerprint density at radius 2 is 2.08 bits per heavy atom. The summed E-state index contributed by atoms with van der Waals surface area (Å²) in [6, 6.07) is 10.0. The van der Waals surface area contributed by atoms with E-state index in [4.69, 9.17) is 4.74 Å². The van der Waals surface area contributed by atoms with Crippen molar-refractivity contribution in [2.45, 2.75) is 20.0 Å². The first-order chi connectivity index (χ1) is 11.7. The van der Waals surface area contributed by atoms with E-state index in [0.717, 1.165) is 16.8 Å². The van der Waals surface area contributed by atoms with Crippen LogP contribution in [0.15, 0.2) is 58.0 Å². The van der Waals surface area contributed by atoms with E-state index in [1.54, 1.807) is 6.07 Å². The first-order valence-electron chi connectivity index (χ1n) is 7.51. The van der Waals surface area contributed by atoms with E-state index in [2.05, 4.69) is 84.0 Å². The van der Waals surface area contributed by atoms with Crippen LogP contribution in [0.1, 0.15) is 11.4 Å². The molecule has 2 heterocycles. The summed E-state index contributed by atoms with van der Waals surface area (Å²) in [6.07, 6.45) is 5.59. The minimum atomic E-state index is 0.297. The van der Waals surface area contributed by atoms with Crippen LogP contribution in [0.4, 0.5) is 0 Å². The van der Waals surface area contributed by atoms with Crippen molar-refractivity contribution < 1.29 is 13.8 Å². The molecule has 0 unspecified atom stereocenters. The Morgan fingerprint density at radius 1 is 1.25 bits per heavy atom. The number of rotatable bonds is 5. The lowest BCUT2D eigenvalue weighted by Crippen LogP contribution is -2.36. The van der Waals surface area contributed by atoms with Gasteiger partial charge in [-0.05, 0) is 22.9 Å². The standard InChI is InChI=1S/C18H17BrN3O2/c1-15-21(9-2-3-12-23-18-8-13-24-20-18)10-11-22(15)14-16-4-6-17(19)7-5-16/h4-8,10-11,13H,9,12,14H2,1H3/q+1. The molecule has 24 heavy (non-hydrogen) atoms. The van der Waals surface area contributed by atoms with Gasteiger partial charge in [-0.3, -0.25) is 0 Å². The van der Waals surface area contributed by atoms with Gasteiger partial charge in [-0.25, -0.2) is 9.13 Å². The van der Waals surface area contributed by atoms with Crippen LogP contribution < -0.4 is 9.30 Å². The van der Waals surface area contributed by atoms with Crippen LogP contribution >= 0.6 is 15.9 Å². The van der Waals surface area contributed by atoms with Gasteiger partial charge in [-0.15, -0.1) is 0 Å². The molecule has 0 N–H and O–H groups in total. The Bertz CT molecular complexity index is 843. The van der Waals surface area contributed by atoms with E-state index in [9.17, 15) is 0 Å². The highest BCUT2D eigenvalue weighted by molar-refractivity contribution is 9.10. The molecule has 0 saturated carbocycles. The molecule has 6 heteroatoms. The lowest BCUT2D eigenvalue weighted by Gasteiger charge is -2.01. The van der Waals surface area contributed by atoms with Gasteiger partial charge in [0.1, 0.15) is 25.2 Å². The topological polar surface area (TPSA) is 44.1 Å². The molecule has 0 spiro atoms. The van der Waals surface area contributed by atoms with E-state index in [1.165, 1.54) is 11.8 Å². The van der Waals surface area contributed by atoms with Crippen LogP contribution in [0.25, 0.3) is 0 Å². The average Bonchev–Trinajstić information content (AvgIpc) is 3.21. The maximum Gasteiger partial charge on any atom is 0.254 e. The molecular formula is C18H17BrN3O2+. The number of imidazole rings is 1. The van der Waals surface area contributed by atoms with Crippen molar-refractivity contribution in [3.05, 3.63) is 64.8 Å². The van der Waals surface area contributed by atoms with Crippen LogP contribution in [0.2, 0.25) is 0 Å². The third kappa shape index (κ3) is 4.27. The lowest BCUT2D eigenvalue weighted by molar-refractivity contribution is -0.693. The summed E-state index contributed by atoms with van der Waals surface area (Å²) < 4.78 is 15.4. The first kappa shape index (κ1) is 16.3. The number of nitrogens with zero attached hydrogens (tertiary/aromatic N) is 3. The third-order valence-corrected chi connectivity index (χ3v) is 4.13. The van der Waals surface area contributed by atoms with Crippen molar-refractivity contribution in [2.24, 2.45) is 0 Å². The van der Waals surface area contributed by atoms with Gasteiger partial charge >= 0.3 is 0 Å². The van der Waals surface area contributed by atoms with Crippen molar-refractivity contribution in [3.63, 3.8) is 0 Å². The Kier molecular flexibility index (Phi) is 5.34. The summed E-state index contributed by atoms with van der Waals surface area (Å²) in [5.74, 6) is 7.68. The zero-order valence-corrected chi connectivity index (χ0v) is 14.9. The lowest BCUT2D eigenvalue weighted by atomic mass is 10.2. The van der Waals surface area contributed by atoms with E-state index in [0.29, 0.717) is 19.0 Å². The highest BCUT2D eigenvalue weighted by atomic mass is 79.9. The van der Waals surface area contributed by atoms with Gasteiger partial charge in [-0.1, -0.05) is 39.9 Å². The molecule has 0 amide bonds. The molecule has 1 aromatic carbocycles. The third-order valence-electron chi connectivity index (χ3n) is 3.60. The summed E-state index contributed by atoms with van der Waals surface area (Å²) in [5, 5.41) is 3.66. The molecule has 122 valence electrons. The number of hydrogen-bond acceptors (Lipinski definition) is 3. The first-order valence-corrected chi connectivity index (χ1v) is 8.30. The van der Waals surface area contributed by atoms with Crippen LogP contribution in [0.5, 0.6) is 5.88 Å². The molecule has 3 rings (SSSR count). The number of aromatic nitrogens is 3. The molecule has 0 aliphatic heterocycles. The van der Waals surface area contributed by atoms with E-state index in [1.807, 2.05) is 6.20 Å². The summed E-state index contributed by atoms with van der Waals surface area (Å²) in [4.78, 5) is 0.